The lowest BCUT2D eigenvalue weighted by Crippen LogP contribution is -2.27. The first kappa shape index (κ1) is 25.4. The number of nitrogens with one attached hydrogen (secondary N) is 1. The number of hydrogen-bond donors (Lipinski definition) is 2. The zero-order valence-corrected chi connectivity index (χ0v) is 19.9. The first-order chi connectivity index (χ1) is 16.6. The Morgan fingerprint density at radius 3 is 2.54 bits per heavy atom. The number of amides is 2. The summed E-state index contributed by atoms with van der Waals surface area (Å²) in [5.41, 5.74) is 7.62. The molecule has 35 heavy (non-hydrogen) atoms. The predicted octanol–water partition coefficient (Wildman–Crippen LogP) is 5.12. The number of aromatic nitrogens is 1. The van der Waals surface area contributed by atoms with Crippen LogP contribution in [0.3, 0.4) is 0 Å². The van der Waals surface area contributed by atoms with Gasteiger partial charge in [0.15, 0.2) is 5.82 Å². The van der Waals surface area contributed by atoms with E-state index in [-0.39, 0.29) is 24.1 Å². The summed E-state index contributed by atoms with van der Waals surface area (Å²) in [7, 11) is 0. The molecule has 1 heterocycles. The van der Waals surface area contributed by atoms with E-state index in [1.165, 1.54) is 6.07 Å². The molecule has 180 valence electrons. The van der Waals surface area contributed by atoms with Crippen molar-refractivity contribution >= 4 is 17.7 Å². The summed E-state index contributed by atoms with van der Waals surface area (Å²) in [5, 5.41) is 12.0. The van der Waals surface area contributed by atoms with Crippen LogP contribution in [-0.2, 0) is 22.4 Å². The first-order valence-corrected chi connectivity index (χ1v) is 11.1. The number of carbonyl (C=O) groups is 2. The SMILES string of the molecule is CC(C)(C)OC(=O)Nc1ccc(-c2cccnc2CCC(N)=O)c(Cc2ccccc2C#N)c1F. The number of nitriles is 1. The number of nitrogens with zero attached hydrogens (tertiary/aromatic N) is 2. The predicted molar refractivity (Wildman–Crippen MR) is 131 cm³/mol. The van der Waals surface area contributed by atoms with Crippen molar-refractivity contribution < 1.29 is 18.7 Å². The molecule has 3 aromatic rings. The molecule has 2 amide bonds. The molecule has 2 aromatic carbocycles. The van der Waals surface area contributed by atoms with Crippen LogP contribution in [0.15, 0.2) is 54.7 Å². The van der Waals surface area contributed by atoms with Crippen molar-refractivity contribution in [2.24, 2.45) is 5.73 Å². The summed E-state index contributed by atoms with van der Waals surface area (Å²) >= 11 is 0. The van der Waals surface area contributed by atoms with E-state index >= 15 is 4.39 Å². The molecule has 3 N–H and O–H groups in total. The maximum Gasteiger partial charge on any atom is 0.412 e. The minimum Gasteiger partial charge on any atom is -0.444 e. The molecule has 3 rings (SSSR count). The van der Waals surface area contributed by atoms with E-state index in [4.69, 9.17) is 10.5 Å². The summed E-state index contributed by atoms with van der Waals surface area (Å²) in [6.07, 6.45) is 1.30. The van der Waals surface area contributed by atoms with Gasteiger partial charge in [0.05, 0.1) is 17.3 Å². The normalized spacial score (nSPS) is 10.9. The van der Waals surface area contributed by atoms with E-state index in [2.05, 4.69) is 16.4 Å². The van der Waals surface area contributed by atoms with Crippen LogP contribution in [0.25, 0.3) is 11.1 Å². The van der Waals surface area contributed by atoms with Gasteiger partial charge in [-0.05, 0) is 56.5 Å². The van der Waals surface area contributed by atoms with Gasteiger partial charge < -0.3 is 10.5 Å². The Kier molecular flexibility index (Phi) is 7.82. The number of primary amides is 1. The maximum atomic E-state index is 15.9. The van der Waals surface area contributed by atoms with Crippen molar-refractivity contribution in [1.82, 2.24) is 4.98 Å². The minimum atomic E-state index is -0.781. The van der Waals surface area contributed by atoms with E-state index in [9.17, 15) is 14.9 Å². The smallest absolute Gasteiger partial charge is 0.412 e. The summed E-state index contributed by atoms with van der Waals surface area (Å²) in [4.78, 5) is 28.0. The van der Waals surface area contributed by atoms with Crippen LogP contribution >= 0.6 is 0 Å². The topological polar surface area (TPSA) is 118 Å². The minimum absolute atomic E-state index is 0.0463. The Morgan fingerprint density at radius 2 is 1.86 bits per heavy atom. The first-order valence-electron chi connectivity index (χ1n) is 11.1. The molecule has 0 spiro atoms. The number of hydrogen-bond acceptors (Lipinski definition) is 5. The average Bonchev–Trinajstić information content (AvgIpc) is 2.80. The Bertz CT molecular complexity index is 1290. The van der Waals surface area contributed by atoms with Gasteiger partial charge in [-0.15, -0.1) is 0 Å². The molecule has 8 heteroatoms. The van der Waals surface area contributed by atoms with Crippen molar-refractivity contribution in [3.8, 4) is 17.2 Å². The molecule has 0 saturated heterocycles. The van der Waals surface area contributed by atoms with Gasteiger partial charge in [0.25, 0.3) is 0 Å². The molecule has 0 saturated carbocycles. The van der Waals surface area contributed by atoms with E-state index in [1.807, 2.05) is 0 Å². The summed E-state index contributed by atoms with van der Waals surface area (Å²) in [6.45, 7) is 5.14. The number of carbonyl (C=O) groups excluding carboxylic acids is 2. The van der Waals surface area contributed by atoms with Gasteiger partial charge in [-0.3, -0.25) is 15.1 Å². The lowest BCUT2D eigenvalue weighted by molar-refractivity contribution is -0.118. The van der Waals surface area contributed by atoms with E-state index in [0.29, 0.717) is 34.4 Å². The zero-order chi connectivity index (χ0) is 25.6. The molecular formula is C27H27FN4O3. The van der Waals surface area contributed by atoms with Gasteiger partial charge in [-0.2, -0.15) is 5.26 Å². The third kappa shape index (κ3) is 6.64. The third-order valence-electron chi connectivity index (χ3n) is 5.17. The second kappa shape index (κ2) is 10.8. The number of nitrogens with two attached hydrogens (primary N) is 1. The number of pyridine rings is 1. The van der Waals surface area contributed by atoms with E-state index in [0.717, 1.165) is 0 Å². The van der Waals surface area contributed by atoms with Crippen LogP contribution in [0, 0.1) is 17.1 Å². The largest absolute Gasteiger partial charge is 0.444 e. The van der Waals surface area contributed by atoms with Gasteiger partial charge in [0, 0.05) is 35.9 Å². The van der Waals surface area contributed by atoms with Gasteiger partial charge in [0.1, 0.15) is 5.60 Å². The average molecular weight is 475 g/mol. The fourth-order valence-electron chi connectivity index (χ4n) is 3.65. The highest BCUT2D eigenvalue weighted by atomic mass is 19.1. The number of aryl methyl sites for hydroxylation is 1. The Morgan fingerprint density at radius 1 is 1.11 bits per heavy atom. The van der Waals surface area contributed by atoms with Crippen LogP contribution in [0.4, 0.5) is 14.9 Å². The fourth-order valence-corrected chi connectivity index (χ4v) is 3.65. The highest BCUT2D eigenvalue weighted by Crippen LogP contribution is 2.34. The lowest BCUT2D eigenvalue weighted by atomic mass is 9.90. The van der Waals surface area contributed by atoms with Crippen molar-refractivity contribution in [1.29, 1.82) is 5.26 Å². The number of benzene rings is 2. The fraction of sp³-hybridized carbons (Fsp3) is 0.259. The second-order valence-corrected chi connectivity index (χ2v) is 8.99. The summed E-state index contributed by atoms with van der Waals surface area (Å²) < 4.78 is 21.2. The molecule has 0 aliphatic heterocycles. The van der Waals surface area contributed by atoms with Gasteiger partial charge in [-0.25, -0.2) is 9.18 Å². The standard InChI is InChI=1S/C27H27FN4O3/c1-27(2,3)35-26(34)32-23-11-10-19(20-9-6-14-31-22(20)12-13-24(30)33)21(25(23)28)15-17-7-4-5-8-18(17)16-29/h4-11,14H,12-13,15H2,1-3H3,(H2,30,33)(H,32,34). The Labute approximate surface area is 203 Å². The lowest BCUT2D eigenvalue weighted by Gasteiger charge is -2.21. The molecule has 1 aromatic heterocycles. The molecule has 0 aliphatic rings. The maximum absolute atomic E-state index is 15.9. The van der Waals surface area contributed by atoms with Gasteiger partial charge in [-0.1, -0.05) is 30.3 Å². The quantitative estimate of drug-likeness (QED) is 0.493. The molecule has 7 nitrogen and oxygen atoms in total. The van der Waals surface area contributed by atoms with Gasteiger partial charge >= 0.3 is 6.09 Å². The zero-order valence-electron chi connectivity index (χ0n) is 19.9. The van der Waals surface area contributed by atoms with E-state index in [1.54, 1.807) is 69.4 Å². The second-order valence-electron chi connectivity index (χ2n) is 8.99. The molecule has 0 radical (unpaired) electrons. The Balaban J connectivity index is 2.12. The third-order valence-corrected chi connectivity index (χ3v) is 5.17. The highest BCUT2D eigenvalue weighted by molar-refractivity contribution is 5.86. The van der Waals surface area contributed by atoms with Crippen LogP contribution < -0.4 is 11.1 Å². The molecule has 0 fully saturated rings. The Hall–Kier alpha value is -4.25. The van der Waals surface area contributed by atoms with Crippen molar-refractivity contribution in [3.63, 3.8) is 0 Å². The number of ether oxygens (including phenoxy) is 1. The highest BCUT2D eigenvalue weighted by Gasteiger charge is 2.22. The number of rotatable bonds is 7. The van der Waals surface area contributed by atoms with E-state index < -0.39 is 23.4 Å². The summed E-state index contributed by atoms with van der Waals surface area (Å²) in [5.74, 6) is -1.11. The van der Waals surface area contributed by atoms with Crippen molar-refractivity contribution in [2.45, 2.75) is 45.6 Å². The number of halogens is 1. The number of anilines is 1. The summed E-state index contributed by atoms with van der Waals surface area (Å²) in [6, 6.07) is 15.7. The van der Waals surface area contributed by atoms with Gasteiger partial charge in [0.2, 0.25) is 5.91 Å². The van der Waals surface area contributed by atoms with Crippen molar-refractivity contribution in [3.05, 3.63) is 82.9 Å². The molecule has 0 unspecified atom stereocenters. The monoisotopic (exact) mass is 474 g/mol. The van der Waals surface area contributed by atoms with Crippen LogP contribution in [-0.4, -0.2) is 22.6 Å². The van der Waals surface area contributed by atoms with Crippen LogP contribution in [0.5, 0.6) is 0 Å². The molecule has 0 atom stereocenters. The molecular weight excluding hydrogens is 447 g/mol. The van der Waals surface area contributed by atoms with Crippen molar-refractivity contribution in [2.75, 3.05) is 5.32 Å². The molecule has 0 aliphatic carbocycles. The van der Waals surface area contributed by atoms with Crippen LogP contribution in [0.1, 0.15) is 49.6 Å². The van der Waals surface area contributed by atoms with Crippen LogP contribution in [0.2, 0.25) is 0 Å². The molecule has 0 bridgehead atoms.